The van der Waals surface area contributed by atoms with Gasteiger partial charge in [-0.05, 0) is 49.3 Å². The molecule has 0 saturated heterocycles. The van der Waals surface area contributed by atoms with Crippen molar-refractivity contribution in [1.29, 1.82) is 0 Å². The Labute approximate surface area is 206 Å². The minimum absolute atomic E-state index is 0.119. The summed E-state index contributed by atoms with van der Waals surface area (Å²) in [4.78, 5) is 28.7. The Morgan fingerprint density at radius 1 is 0.647 bits per heavy atom. The highest BCUT2D eigenvalue weighted by Crippen LogP contribution is 2.46. The fraction of sp³-hybridized carbons (Fsp3) is 0.308. The molecule has 1 aliphatic carbocycles. The number of benzene rings is 3. The third kappa shape index (κ3) is 4.55. The van der Waals surface area contributed by atoms with Gasteiger partial charge >= 0.3 is 0 Å². The fourth-order valence-corrected chi connectivity index (χ4v) is 6.36. The van der Waals surface area contributed by atoms with E-state index in [-0.39, 0.29) is 47.0 Å². The molecular formula is C26H26O6S2. The van der Waals surface area contributed by atoms with Crippen molar-refractivity contribution in [3.63, 3.8) is 0 Å². The van der Waals surface area contributed by atoms with Crippen LogP contribution >= 0.6 is 23.5 Å². The largest absolute Gasteiger partial charge is 0.506 e. The monoisotopic (exact) mass is 498 g/mol. The van der Waals surface area contributed by atoms with E-state index in [0.29, 0.717) is 23.6 Å². The van der Waals surface area contributed by atoms with E-state index in [4.69, 9.17) is 10.2 Å². The van der Waals surface area contributed by atoms with Gasteiger partial charge < -0.3 is 20.4 Å². The van der Waals surface area contributed by atoms with Gasteiger partial charge in [-0.2, -0.15) is 0 Å². The fourth-order valence-electron chi connectivity index (χ4n) is 4.07. The molecule has 0 bridgehead atoms. The zero-order valence-electron chi connectivity index (χ0n) is 18.5. The van der Waals surface area contributed by atoms with Gasteiger partial charge in [0.05, 0.1) is 11.1 Å². The number of thioether (sulfide) groups is 2. The molecule has 0 heterocycles. The summed E-state index contributed by atoms with van der Waals surface area (Å²) in [6.45, 7) is 0.238. The van der Waals surface area contributed by atoms with E-state index in [1.807, 2.05) is 0 Å². The van der Waals surface area contributed by atoms with Crippen LogP contribution in [0.15, 0.2) is 46.2 Å². The van der Waals surface area contributed by atoms with Crippen molar-refractivity contribution in [3.8, 4) is 11.5 Å². The molecule has 0 amide bonds. The number of phenolic OH excluding ortho intramolecular Hbond substituents is 2. The Hall–Kier alpha value is -2.52. The Kier molecular flexibility index (Phi) is 7.83. The molecular weight excluding hydrogens is 472 g/mol. The van der Waals surface area contributed by atoms with E-state index in [2.05, 4.69) is 0 Å². The Bertz CT molecular complexity index is 1160. The van der Waals surface area contributed by atoms with Crippen LogP contribution < -0.4 is 0 Å². The van der Waals surface area contributed by atoms with Gasteiger partial charge in [0, 0.05) is 44.9 Å². The molecule has 4 rings (SSSR count). The normalized spacial score (nSPS) is 12.8. The van der Waals surface area contributed by atoms with Gasteiger partial charge in [0.1, 0.15) is 11.5 Å². The number of hydrogen-bond acceptors (Lipinski definition) is 8. The first-order chi connectivity index (χ1) is 16.5. The lowest BCUT2D eigenvalue weighted by atomic mass is 9.81. The summed E-state index contributed by atoms with van der Waals surface area (Å²) in [6, 6.07) is 10.0. The van der Waals surface area contributed by atoms with Crippen LogP contribution in [0.2, 0.25) is 0 Å². The lowest BCUT2D eigenvalue weighted by molar-refractivity contribution is 0.0974. The maximum absolute atomic E-state index is 13.5. The van der Waals surface area contributed by atoms with E-state index in [9.17, 15) is 19.8 Å². The summed E-state index contributed by atoms with van der Waals surface area (Å²) >= 11 is 3.12. The van der Waals surface area contributed by atoms with Crippen molar-refractivity contribution in [2.45, 2.75) is 35.5 Å². The van der Waals surface area contributed by atoms with E-state index in [1.54, 1.807) is 59.9 Å². The SMILES string of the molecule is O=C1c2cc(SCCCCO)c(SCCCCO)cc2C(=O)c2c1c(O)c1ccccc1c2O. The van der Waals surface area contributed by atoms with Gasteiger partial charge in [-0.3, -0.25) is 9.59 Å². The predicted octanol–water partition coefficient (Wildman–Crippen LogP) is 4.76. The van der Waals surface area contributed by atoms with Crippen molar-refractivity contribution in [2.24, 2.45) is 0 Å². The second kappa shape index (κ2) is 10.8. The third-order valence-electron chi connectivity index (χ3n) is 5.81. The molecule has 6 nitrogen and oxygen atoms in total. The Morgan fingerprint density at radius 2 is 1.06 bits per heavy atom. The number of unbranched alkanes of at least 4 members (excludes halogenated alkanes) is 2. The zero-order chi connectivity index (χ0) is 24.2. The molecule has 8 heteroatoms. The number of phenols is 2. The first-order valence-corrected chi connectivity index (χ1v) is 13.2. The molecule has 3 aromatic rings. The first-order valence-electron chi connectivity index (χ1n) is 11.2. The summed E-state index contributed by atoms with van der Waals surface area (Å²) < 4.78 is 0. The number of aliphatic hydroxyl groups is 2. The molecule has 0 atom stereocenters. The van der Waals surface area contributed by atoms with E-state index >= 15 is 0 Å². The molecule has 0 unspecified atom stereocenters. The smallest absolute Gasteiger partial charge is 0.198 e. The number of ketones is 2. The minimum atomic E-state index is -0.489. The first kappa shape index (κ1) is 24.6. The van der Waals surface area contributed by atoms with Gasteiger partial charge in [0.2, 0.25) is 0 Å². The van der Waals surface area contributed by atoms with Crippen LogP contribution in [0, 0.1) is 0 Å². The number of aromatic hydroxyl groups is 2. The summed E-state index contributed by atoms with van der Waals surface area (Å²) in [5.41, 5.74) is 0.111. The molecule has 34 heavy (non-hydrogen) atoms. The lowest BCUT2D eigenvalue weighted by Crippen LogP contribution is -2.22. The number of rotatable bonds is 10. The Balaban J connectivity index is 1.80. The summed E-state index contributed by atoms with van der Waals surface area (Å²) in [7, 11) is 0. The maximum Gasteiger partial charge on any atom is 0.198 e. The predicted molar refractivity (Wildman–Crippen MR) is 135 cm³/mol. The van der Waals surface area contributed by atoms with Crippen LogP contribution in [0.4, 0.5) is 0 Å². The van der Waals surface area contributed by atoms with Crippen LogP contribution in [0.5, 0.6) is 11.5 Å². The summed E-state index contributed by atoms with van der Waals surface area (Å²) in [6.07, 6.45) is 2.98. The highest BCUT2D eigenvalue weighted by molar-refractivity contribution is 8.02. The van der Waals surface area contributed by atoms with Crippen molar-refractivity contribution < 1.29 is 30.0 Å². The highest BCUT2D eigenvalue weighted by atomic mass is 32.2. The Morgan fingerprint density at radius 3 is 1.44 bits per heavy atom. The van der Waals surface area contributed by atoms with Crippen molar-refractivity contribution in [1.82, 2.24) is 0 Å². The quantitative estimate of drug-likeness (QED) is 0.141. The van der Waals surface area contributed by atoms with Crippen LogP contribution in [0.3, 0.4) is 0 Å². The minimum Gasteiger partial charge on any atom is -0.506 e. The molecule has 0 aromatic heterocycles. The van der Waals surface area contributed by atoms with Gasteiger partial charge in [0.25, 0.3) is 0 Å². The van der Waals surface area contributed by atoms with Gasteiger partial charge in [-0.25, -0.2) is 0 Å². The van der Waals surface area contributed by atoms with Gasteiger partial charge in [0.15, 0.2) is 11.6 Å². The van der Waals surface area contributed by atoms with Crippen molar-refractivity contribution >= 4 is 45.9 Å². The van der Waals surface area contributed by atoms with Crippen LogP contribution in [-0.4, -0.2) is 56.7 Å². The van der Waals surface area contributed by atoms with Crippen molar-refractivity contribution in [3.05, 3.63) is 58.7 Å². The number of fused-ring (bicyclic) bond motifs is 3. The molecule has 0 radical (unpaired) electrons. The van der Waals surface area contributed by atoms with E-state index in [1.165, 1.54) is 0 Å². The van der Waals surface area contributed by atoms with Crippen molar-refractivity contribution in [2.75, 3.05) is 24.7 Å². The third-order valence-corrected chi connectivity index (χ3v) is 8.22. The van der Waals surface area contributed by atoms with E-state index in [0.717, 1.165) is 34.1 Å². The second-order valence-corrected chi connectivity index (χ2v) is 10.3. The molecule has 0 spiro atoms. The molecule has 178 valence electrons. The summed E-state index contributed by atoms with van der Waals surface area (Å²) in [5, 5.41) is 40.5. The second-order valence-electron chi connectivity index (χ2n) is 8.05. The zero-order valence-corrected chi connectivity index (χ0v) is 20.2. The maximum atomic E-state index is 13.5. The van der Waals surface area contributed by atoms with E-state index < -0.39 is 11.6 Å². The molecule has 0 saturated carbocycles. The van der Waals surface area contributed by atoms with Crippen LogP contribution in [0.25, 0.3) is 10.8 Å². The number of hydrogen-bond donors (Lipinski definition) is 4. The van der Waals surface area contributed by atoms with Gasteiger partial charge in [-0.1, -0.05) is 24.3 Å². The van der Waals surface area contributed by atoms with Gasteiger partial charge in [-0.15, -0.1) is 23.5 Å². The molecule has 4 N–H and O–H groups in total. The topological polar surface area (TPSA) is 115 Å². The average Bonchev–Trinajstić information content (AvgIpc) is 2.85. The number of aliphatic hydroxyl groups excluding tert-OH is 2. The lowest BCUT2D eigenvalue weighted by Gasteiger charge is -2.23. The summed E-state index contributed by atoms with van der Waals surface area (Å²) in [5.74, 6) is -0.0777. The molecule has 0 fully saturated rings. The molecule has 3 aromatic carbocycles. The van der Waals surface area contributed by atoms with Crippen LogP contribution in [-0.2, 0) is 0 Å². The molecule has 0 aliphatic heterocycles. The average molecular weight is 499 g/mol. The number of carbonyl (C=O) groups excluding carboxylic acids is 2. The standard InChI is InChI=1S/C26H26O6S2/c27-9-3-5-11-33-19-13-17-18(14-20(19)34-12-6-4-10-28)26(32)22-21(25(17)31)23(29)15-7-1-2-8-16(15)24(22)30/h1-2,7-8,13-14,27-30H,3-6,9-12H2. The van der Waals surface area contributed by atoms with Crippen LogP contribution in [0.1, 0.15) is 57.5 Å². The number of carbonyl (C=O) groups is 2. The highest BCUT2D eigenvalue weighted by Gasteiger charge is 2.37. The molecule has 1 aliphatic rings.